The van der Waals surface area contributed by atoms with Crippen molar-refractivity contribution in [1.29, 1.82) is 0 Å². The summed E-state index contributed by atoms with van der Waals surface area (Å²) in [6, 6.07) is 0. The molecule has 0 atom stereocenters. The molecule has 18 heavy (non-hydrogen) atoms. The third-order valence-electron chi connectivity index (χ3n) is 3.44. The quantitative estimate of drug-likeness (QED) is 0.534. The first-order valence-corrected chi connectivity index (χ1v) is 8.08. The first-order valence-electron chi connectivity index (χ1n) is 7.26. The highest BCUT2D eigenvalue weighted by Crippen LogP contribution is 2.27. The number of aryl methyl sites for hydroxylation is 1. The number of nitrogens with zero attached hydrogens (tertiary/aromatic N) is 1. The molecule has 0 aliphatic carbocycles. The fourth-order valence-electron chi connectivity index (χ4n) is 2.28. The lowest BCUT2D eigenvalue weighted by Gasteiger charge is -2.18. The van der Waals surface area contributed by atoms with Crippen molar-refractivity contribution in [2.75, 3.05) is 0 Å². The maximum Gasteiger partial charge on any atom is 0.0968 e. The van der Waals surface area contributed by atoms with E-state index in [1.807, 2.05) is 17.5 Å². The molecular weight excluding hydrogens is 238 g/mol. The molecule has 1 rings (SSSR count). The van der Waals surface area contributed by atoms with Crippen LogP contribution in [0.3, 0.4) is 0 Å². The smallest absolute Gasteiger partial charge is 0.0968 e. The van der Waals surface area contributed by atoms with Crippen molar-refractivity contribution in [3.63, 3.8) is 0 Å². The lowest BCUT2D eigenvalue weighted by molar-refractivity contribution is 0.469. The lowest BCUT2D eigenvalue weighted by Crippen LogP contribution is -2.06. The largest absolute Gasteiger partial charge is 0.249 e. The maximum atomic E-state index is 4.46. The fraction of sp³-hybridized carbons (Fsp3) is 0.688. The molecule has 0 bridgehead atoms. The first-order chi connectivity index (χ1) is 8.67. The zero-order valence-electron chi connectivity index (χ0n) is 12.2. The second kappa shape index (κ2) is 8.47. The predicted molar refractivity (Wildman–Crippen MR) is 82.2 cm³/mol. The van der Waals surface area contributed by atoms with Crippen molar-refractivity contribution in [3.8, 4) is 0 Å². The van der Waals surface area contributed by atoms with Crippen LogP contribution in [-0.2, 0) is 6.42 Å². The minimum absolute atomic E-state index is 0.703. The van der Waals surface area contributed by atoms with Crippen LogP contribution in [0.5, 0.6) is 0 Å². The summed E-state index contributed by atoms with van der Waals surface area (Å²) < 4.78 is 0. The van der Waals surface area contributed by atoms with E-state index in [-0.39, 0.29) is 0 Å². The molecule has 102 valence electrons. The monoisotopic (exact) mass is 265 g/mol. The van der Waals surface area contributed by atoms with Gasteiger partial charge in [-0.25, -0.2) is 4.98 Å². The molecule has 0 aromatic carbocycles. The summed E-state index contributed by atoms with van der Waals surface area (Å²) in [6.07, 6.45) is 10.8. The molecule has 1 nitrogen and oxygen atoms in total. The number of hydrogen-bond donors (Lipinski definition) is 0. The van der Waals surface area contributed by atoms with E-state index < -0.39 is 0 Å². The Morgan fingerprint density at radius 1 is 1.28 bits per heavy atom. The summed E-state index contributed by atoms with van der Waals surface area (Å²) in [5, 5.41) is 1.23. The normalized spacial score (nSPS) is 11.1. The Labute approximate surface area is 116 Å². The summed E-state index contributed by atoms with van der Waals surface area (Å²) in [4.78, 5) is 5.76. The van der Waals surface area contributed by atoms with Gasteiger partial charge in [0.1, 0.15) is 0 Å². The van der Waals surface area contributed by atoms with Gasteiger partial charge in [-0.15, -0.1) is 11.3 Å². The van der Waals surface area contributed by atoms with Crippen LogP contribution in [0, 0.1) is 12.8 Å². The van der Waals surface area contributed by atoms with Gasteiger partial charge in [0.15, 0.2) is 0 Å². The standard InChI is InChI=1S/C16H27NS/c1-5-7-9-15(10-8-6-2)13(3)11-16-17-12-14(4)18-16/h12,15H,3,5-11H2,1-2,4H3. The molecule has 1 aromatic rings. The van der Waals surface area contributed by atoms with Gasteiger partial charge in [0.05, 0.1) is 5.01 Å². The Morgan fingerprint density at radius 2 is 1.89 bits per heavy atom. The molecular formula is C16H27NS. The number of unbranched alkanes of at least 4 members (excludes halogenated alkanes) is 2. The summed E-state index contributed by atoms with van der Waals surface area (Å²) in [6.45, 7) is 11.0. The second-order valence-electron chi connectivity index (χ2n) is 5.18. The van der Waals surface area contributed by atoms with Gasteiger partial charge in [-0.05, 0) is 25.7 Å². The summed E-state index contributed by atoms with van der Waals surface area (Å²) in [7, 11) is 0. The van der Waals surface area contributed by atoms with Gasteiger partial charge in [0.25, 0.3) is 0 Å². The van der Waals surface area contributed by atoms with Gasteiger partial charge in [0, 0.05) is 17.5 Å². The summed E-state index contributed by atoms with van der Waals surface area (Å²) >= 11 is 1.81. The number of aromatic nitrogens is 1. The van der Waals surface area contributed by atoms with Crippen LogP contribution in [0.15, 0.2) is 18.3 Å². The molecule has 2 heteroatoms. The molecule has 0 saturated heterocycles. The average Bonchev–Trinajstić information content (AvgIpc) is 2.75. The van der Waals surface area contributed by atoms with E-state index in [0.29, 0.717) is 5.92 Å². The van der Waals surface area contributed by atoms with Crippen LogP contribution < -0.4 is 0 Å². The Kier molecular flexibility index (Phi) is 7.26. The van der Waals surface area contributed by atoms with Crippen molar-refractivity contribution in [1.82, 2.24) is 4.98 Å². The van der Waals surface area contributed by atoms with Crippen molar-refractivity contribution >= 4 is 11.3 Å². The summed E-state index contributed by atoms with van der Waals surface area (Å²) in [5.74, 6) is 0.703. The van der Waals surface area contributed by atoms with E-state index in [1.165, 1.54) is 54.0 Å². The molecule has 0 fully saturated rings. The van der Waals surface area contributed by atoms with Crippen LogP contribution in [0.2, 0.25) is 0 Å². The van der Waals surface area contributed by atoms with Crippen LogP contribution in [0.4, 0.5) is 0 Å². The Morgan fingerprint density at radius 3 is 2.33 bits per heavy atom. The van der Waals surface area contributed by atoms with E-state index in [2.05, 4.69) is 32.3 Å². The molecule has 0 saturated carbocycles. The maximum absolute atomic E-state index is 4.46. The predicted octanol–water partition coefficient (Wildman–Crippen LogP) is 5.55. The van der Waals surface area contributed by atoms with Crippen LogP contribution in [0.25, 0.3) is 0 Å². The topological polar surface area (TPSA) is 12.9 Å². The molecule has 0 amide bonds. The van der Waals surface area contributed by atoms with Gasteiger partial charge >= 0.3 is 0 Å². The third-order valence-corrected chi connectivity index (χ3v) is 4.35. The van der Waals surface area contributed by atoms with Crippen molar-refractivity contribution in [3.05, 3.63) is 28.2 Å². The highest BCUT2D eigenvalue weighted by atomic mass is 32.1. The molecule has 1 heterocycles. The van der Waals surface area contributed by atoms with Gasteiger partial charge < -0.3 is 0 Å². The highest BCUT2D eigenvalue weighted by Gasteiger charge is 2.13. The number of hydrogen-bond acceptors (Lipinski definition) is 2. The number of allylic oxidation sites excluding steroid dienone is 1. The highest BCUT2D eigenvalue weighted by molar-refractivity contribution is 7.11. The fourth-order valence-corrected chi connectivity index (χ4v) is 3.12. The molecule has 0 spiro atoms. The molecule has 0 aliphatic rings. The van der Waals surface area contributed by atoms with E-state index in [1.54, 1.807) is 0 Å². The van der Waals surface area contributed by atoms with Crippen LogP contribution >= 0.6 is 11.3 Å². The zero-order valence-corrected chi connectivity index (χ0v) is 13.0. The number of thiazole rings is 1. The van der Waals surface area contributed by atoms with Gasteiger partial charge in [-0.1, -0.05) is 51.7 Å². The average molecular weight is 265 g/mol. The van der Waals surface area contributed by atoms with E-state index in [9.17, 15) is 0 Å². The first kappa shape index (κ1) is 15.4. The third kappa shape index (κ3) is 5.34. The van der Waals surface area contributed by atoms with E-state index >= 15 is 0 Å². The van der Waals surface area contributed by atoms with E-state index in [0.717, 1.165) is 6.42 Å². The van der Waals surface area contributed by atoms with Gasteiger partial charge in [-0.3, -0.25) is 0 Å². The minimum atomic E-state index is 0.703. The molecule has 0 N–H and O–H groups in total. The minimum Gasteiger partial charge on any atom is -0.249 e. The molecule has 1 aromatic heterocycles. The van der Waals surface area contributed by atoms with E-state index in [4.69, 9.17) is 0 Å². The van der Waals surface area contributed by atoms with Crippen molar-refractivity contribution < 1.29 is 0 Å². The molecule has 0 aliphatic heterocycles. The van der Waals surface area contributed by atoms with Gasteiger partial charge in [0.2, 0.25) is 0 Å². The Balaban J connectivity index is 2.51. The van der Waals surface area contributed by atoms with Crippen molar-refractivity contribution in [2.45, 2.75) is 65.7 Å². The van der Waals surface area contributed by atoms with Crippen LogP contribution in [0.1, 0.15) is 62.3 Å². The SMILES string of the molecule is C=C(Cc1ncc(C)s1)C(CCCC)CCCC. The van der Waals surface area contributed by atoms with Gasteiger partial charge in [-0.2, -0.15) is 0 Å². The lowest BCUT2D eigenvalue weighted by atomic mass is 9.88. The molecule has 0 radical (unpaired) electrons. The second-order valence-corrected chi connectivity index (χ2v) is 6.50. The number of rotatable bonds is 9. The van der Waals surface area contributed by atoms with Crippen LogP contribution in [-0.4, -0.2) is 4.98 Å². The van der Waals surface area contributed by atoms with Crippen molar-refractivity contribution in [2.24, 2.45) is 5.92 Å². The zero-order chi connectivity index (χ0) is 13.4. The summed E-state index contributed by atoms with van der Waals surface area (Å²) in [5.41, 5.74) is 1.39. The Bertz CT molecular complexity index is 346. The Hall–Kier alpha value is -0.630. The molecule has 0 unspecified atom stereocenters.